The van der Waals surface area contributed by atoms with E-state index in [1.165, 1.54) is 17.0 Å². The van der Waals surface area contributed by atoms with Crippen LogP contribution in [0.15, 0.2) is 24.3 Å². The molecule has 11 heteroatoms. The van der Waals surface area contributed by atoms with Crippen molar-refractivity contribution in [3.8, 4) is 5.75 Å². The van der Waals surface area contributed by atoms with Gasteiger partial charge in [-0.2, -0.15) is 0 Å². The van der Waals surface area contributed by atoms with Gasteiger partial charge in [0.25, 0.3) is 0 Å². The highest BCUT2D eigenvalue weighted by Gasteiger charge is 2.38. The fourth-order valence-electron chi connectivity index (χ4n) is 4.29. The Hall–Kier alpha value is -3.18. The zero-order valence-electron chi connectivity index (χ0n) is 21.0. The second-order valence-corrected chi connectivity index (χ2v) is 9.58. The molecule has 11 nitrogen and oxygen atoms in total. The number of hydrogen-bond acceptors (Lipinski definition) is 7. The summed E-state index contributed by atoms with van der Waals surface area (Å²) in [6.45, 7) is 4.17. The zero-order chi connectivity index (χ0) is 26.8. The number of likely N-dealkylation sites (tertiary alicyclic amines) is 1. The molecule has 36 heavy (non-hydrogen) atoms. The third kappa shape index (κ3) is 8.20. The number of benzene rings is 1. The highest BCUT2D eigenvalue weighted by Crippen LogP contribution is 2.20. The van der Waals surface area contributed by atoms with Crippen molar-refractivity contribution in [2.24, 2.45) is 17.4 Å². The fourth-order valence-corrected chi connectivity index (χ4v) is 4.29. The van der Waals surface area contributed by atoms with E-state index >= 15 is 0 Å². The number of carbonyl (C=O) groups is 4. The Bertz CT molecular complexity index is 907. The molecule has 0 aliphatic carbocycles. The van der Waals surface area contributed by atoms with Crippen LogP contribution in [-0.4, -0.2) is 76.1 Å². The summed E-state index contributed by atoms with van der Waals surface area (Å²) in [6, 6.07) is 2.72. The van der Waals surface area contributed by atoms with Crippen LogP contribution in [0.1, 0.15) is 51.5 Å². The number of phenolic OH excluding ortho intramolecular Hbond substituents is 1. The number of phenols is 1. The third-order valence-electron chi connectivity index (χ3n) is 6.36. The summed E-state index contributed by atoms with van der Waals surface area (Å²) in [4.78, 5) is 52.2. The largest absolute Gasteiger partial charge is 0.508 e. The predicted molar refractivity (Wildman–Crippen MR) is 134 cm³/mol. The first kappa shape index (κ1) is 29.1. The molecule has 1 heterocycles. The minimum absolute atomic E-state index is 0.114. The Kier molecular flexibility index (Phi) is 11.1. The number of carboxylic acids is 1. The minimum Gasteiger partial charge on any atom is -0.508 e. The molecule has 1 aliphatic heterocycles. The average molecular weight is 506 g/mol. The van der Waals surface area contributed by atoms with Crippen LogP contribution in [0.25, 0.3) is 0 Å². The van der Waals surface area contributed by atoms with Gasteiger partial charge in [-0.25, -0.2) is 4.79 Å². The normalized spacial score (nSPS) is 17.9. The number of hydrogen-bond donors (Lipinski definition) is 6. The van der Waals surface area contributed by atoms with Crippen LogP contribution in [0.5, 0.6) is 5.75 Å². The van der Waals surface area contributed by atoms with Crippen molar-refractivity contribution in [3.63, 3.8) is 0 Å². The molecular formula is C25H39N5O6. The summed E-state index contributed by atoms with van der Waals surface area (Å²) in [7, 11) is 0. The summed E-state index contributed by atoms with van der Waals surface area (Å²) < 4.78 is 0. The minimum atomic E-state index is -1.15. The second kappa shape index (κ2) is 13.8. The number of carbonyl (C=O) groups excluding carboxylic acids is 3. The highest BCUT2D eigenvalue weighted by molar-refractivity contribution is 5.94. The van der Waals surface area contributed by atoms with Gasteiger partial charge in [0.05, 0.1) is 6.04 Å². The average Bonchev–Trinajstić information content (AvgIpc) is 3.32. The van der Waals surface area contributed by atoms with Gasteiger partial charge >= 0.3 is 5.97 Å². The lowest BCUT2D eigenvalue weighted by molar-refractivity contribution is -0.144. The van der Waals surface area contributed by atoms with Crippen LogP contribution >= 0.6 is 0 Å². The van der Waals surface area contributed by atoms with Gasteiger partial charge in [-0.1, -0.05) is 26.0 Å². The van der Waals surface area contributed by atoms with E-state index in [0.29, 0.717) is 45.2 Å². The maximum atomic E-state index is 13.2. The van der Waals surface area contributed by atoms with Crippen LogP contribution in [-0.2, 0) is 25.6 Å². The molecule has 1 aromatic rings. The van der Waals surface area contributed by atoms with Crippen LogP contribution in [0.3, 0.4) is 0 Å². The van der Waals surface area contributed by atoms with Gasteiger partial charge in [0.2, 0.25) is 17.7 Å². The molecule has 0 aromatic heterocycles. The topological polar surface area (TPSA) is 188 Å². The number of nitrogens with one attached hydrogen (secondary N) is 2. The molecule has 4 atom stereocenters. The molecular weight excluding hydrogens is 466 g/mol. The Balaban J connectivity index is 2.08. The molecule has 0 bridgehead atoms. The van der Waals surface area contributed by atoms with Gasteiger partial charge in [-0.05, 0) is 68.7 Å². The van der Waals surface area contributed by atoms with Gasteiger partial charge in [0, 0.05) is 6.54 Å². The number of unbranched alkanes of at least 4 members (excludes halogenated alkanes) is 1. The number of carboxylic acid groups (broad SMARTS) is 1. The summed E-state index contributed by atoms with van der Waals surface area (Å²) in [5, 5.41) is 24.1. The Labute approximate surface area is 211 Å². The molecule has 0 radical (unpaired) electrons. The molecule has 200 valence electrons. The number of amides is 3. The van der Waals surface area contributed by atoms with Crippen molar-refractivity contribution in [2.45, 2.75) is 76.5 Å². The first-order valence-corrected chi connectivity index (χ1v) is 12.4. The lowest BCUT2D eigenvalue weighted by Crippen LogP contribution is -2.57. The van der Waals surface area contributed by atoms with E-state index < -0.39 is 42.0 Å². The SMILES string of the molecule is CC(C)C(NC(=O)C(CCCCN)NC(=O)C1CCCN1C(=O)C(N)Cc1ccc(O)cc1)C(=O)O. The first-order valence-electron chi connectivity index (χ1n) is 12.4. The molecule has 0 spiro atoms. The maximum Gasteiger partial charge on any atom is 0.326 e. The Morgan fingerprint density at radius 2 is 1.78 bits per heavy atom. The van der Waals surface area contributed by atoms with E-state index in [0.717, 1.165) is 5.56 Å². The molecule has 3 amide bonds. The molecule has 1 aliphatic rings. The van der Waals surface area contributed by atoms with Gasteiger partial charge in [0.1, 0.15) is 23.9 Å². The predicted octanol–water partition coefficient (Wildman–Crippen LogP) is 0.0922. The van der Waals surface area contributed by atoms with Gasteiger partial charge < -0.3 is 37.2 Å². The van der Waals surface area contributed by atoms with Crippen molar-refractivity contribution in [1.29, 1.82) is 0 Å². The van der Waals surface area contributed by atoms with Gasteiger partial charge in [-0.3, -0.25) is 14.4 Å². The van der Waals surface area contributed by atoms with Crippen LogP contribution in [0, 0.1) is 5.92 Å². The number of aliphatic carboxylic acids is 1. The first-order chi connectivity index (χ1) is 17.0. The van der Waals surface area contributed by atoms with E-state index in [2.05, 4.69) is 10.6 Å². The van der Waals surface area contributed by atoms with Gasteiger partial charge in [0.15, 0.2) is 0 Å². The van der Waals surface area contributed by atoms with Crippen molar-refractivity contribution >= 4 is 23.7 Å². The number of aromatic hydroxyl groups is 1. The molecule has 1 saturated heterocycles. The molecule has 4 unspecified atom stereocenters. The van der Waals surface area contributed by atoms with Gasteiger partial charge in [-0.15, -0.1) is 0 Å². The molecule has 8 N–H and O–H groups in total. The van der Waals surface area contributed by atoms with Crippen molar-refractivity contribution in [2.75, 3.05) is 13.1 Å². The third-order valence-corrected chi connectivity index (χ3v) is 6.36. The summed E-state index contributed by atoms with van der Waals surface area (Å²) in [5.41, 5.74) is 12.5. The number of nitrogens with two attached hydrogens (primary N) is 2. The summed E-state index contributed by atoms with van der Waals surface area (Å²) >= 11 is 0. The standard InChI is InChI=1S/C25H39N5O6/c1-15(2)21(25(35)36)29-22(32)19(6-3-4-12-26)28-23(33)20-7-5-13-30(20)24(34)18(27)14-16-8-10-17(31)11-9-16/h8-11,15,18-21,31H,3-7,12-14,26-27H2,1-2H3,(H,28,33)(H,29,32)(H,35,36). The molecule has 0 saturated carbocycles. The van der Waals surface area contributed by atoms with E-state index in [4.69, 9.17) is 11.5 Å². The van der Waals surface area contributed by atoms with Crippen LogP contribution in [0.4, 0.5) is 0 Å². The van der Waals surface area contributed by atoms with E-state index in [1.807, 2.05) is 0 Å². The quantitative estimate of drug-likeness (QED) is 0.203. The maximum absolute atomic E-state index is 13.2. The van der Waals surface area contributed by atoms with E-state index in [-0.39, 0.29) is 24.0 Å². The lowest BCUT2D eigenvalue weighted by Gasteiger charge is -2.29. The van der Waals surface area contributed by atoms with Crippen molar-refractivity contribution in [1.82, 2.24) is 15.5 Å². The zero-order valence-corrected chi connectivity index (χ0v) is 21.0. The van der Waals surface area contributed by atoms with Crippen LogP contribution in [0.2, 0.25) is 0 Å². The smallest absolute Gasteiger partial charge is 0.326 e. The number of nitrogens with zero attached hydrogens (tertiary/aromatic N) is 1. The van der Waals surface area contributed by atoms with Crippen LogP contribution < -0.4 is 22.1 Å². The van der Waals surface area contributed by atoms with E-state index in [9.17, 15) is 29.4 Å². The summed E-state index contributed by atoms with van der Waals surface area (Å²) in [5.74, 6) is -2.80. The van der Waals surface area contributed by atoms with Crippen molar-refractivity contribution < 1.29 is 29.4 Å². The molecule has 1 fully saturated rings. The Morgan fingerprint density at radius 1 is 1.11 bits per heavy atom. The fraction of sp³-hybridized carbons (Fsp3) is 0.600. The van der Waals surface area contributed by atoms with Crippen molar-refractivity contribution in [3.05, 3.63) is 29.8 Å². The molecule has 1 aromatic carbocycles. The Morgan fingerprint density at radius 3 is 2.36 bits per heavy atom. The lowest BCUT2D eigenvalue weighted by atomic mass is 10.0. The summed E-state index contributed by atoms with van der Waals surface area (Å²) in [6.07, 6.45) is 2.81. The second-order valence-electron chi connectivity index (χ2n) is 9.58. The highest BCUT2D eigenvalue weighted by atomic mass is 16.4. The monoisotopic (exact) mass is 505 g/mol. The number of rotatable bonds is 13. The molecule has 2 rings (SSSR count). The van der Waals surface area contributed by atoms with E-state index in [1.54, 1.807) is 26.0 Å².